The van der Waals surface area contributed by atoms with Gasteiger partial charge in [0.15, 0.2) is 0 Å². The highest BCUT2D eigenvalue weighted by Crippen LogP contribution is 2.24. The zero-order chi connectivity index (χ0) is 10.7. The Morgan fingerprint density at radius 3 is 3.13 bits per heavy atom. The van der Waals surface area contributed by atoms with Crippen LogP contribution in [-0.2, 0) is 0 Å². The Morgan fingerprint density at radius 2 is 2.47 bits per heavy atom. The number of nitrogens with one attached hydrogen (secondary N) is 1. The predicted octanol–water partition coefficient (Wildman–Crippen LogP) is 0.876. The minimum Gasteiger partial charge on any atom is -0.495 e. The number of pyridine rings is 1. The lowest BCUT2D eigenvalue weighted by atomic mass is 10.0. The molecule has 0 aromatic carbocycles. The summed E-state index contributed by atoms with van der Waals surface area (Å²) < 4.78 is 5.07. The number of aliphatic hydroxyl groups is 1. The van der Waals surface area contributed by atoms with E-state index in [-0.39, 0.29) is 6.04 Å². The lowest BCUT2D eigenvalue weighted by Crippen LogP contribution is -2.28. The van der Waals surface area contributed by atoms with Gasteiger partial charge in [-0.15, -0.1) is 0 Å². The van der Waals surface area contributed by atoms with Gasteiger partial charge in [0.05, 0.1) is 19.4 Å². The first kappa shape index (κ1) is 10.4. The Bertz CT molecular complexity index is 324. The van der Waals surface area contributed by atoms with E-state index in [2.05, 4.69) is 10.3 Å². The zero-order valence-electron chi connectivity index (χ0n) is 8.81. The third kappa shape index (κ3) is 2.27. The van der Waals surface area contributed by atoms with E-state index in [1.807, 2.05) is 6.07 Å². The fourth-order valence-corrected chi connectivity index (χ4v) is 1.92. The maximum absolute atomic E-state index is 10.1. The van der Waals surface area contributed by atoms with Crippen molar-refractivity contribution in [1.82, 2.24) is 10.3 Å². The predicted molar refractivity (Wildman–Crippen MR) is 56.8 cm³/mol. The quantitative estimate of drug-likeness (QED) is 0.774. The van der Waals surface area contributed by atoms with E-state index >= 15 is 0 Å². The normalized spacial score (nSPS) is 22.7. The lowest BCUT2D eigenvalue weighted by Gasteiger charge is -2.18. The van der Waals surface area contributed by atoms with Crippen molar-refractivity contribution >= 4 is 0 Å². The molecule has 2 atom stereocenters. The molecule has 1 aliphatic heterocycles. The highest BCUT2D eigenvalue weighted by molar-refractivity contribution is 5.26. The minimum atomic E-state index is -0.491. The second kappa shape index (κ2) is 4.59. The molecule has 2 unspecified atom stereocenters. The SMILES string of the molecule is COc1cncc(C(O)C2CCCN2)c1. The summed E-state index contributed by atoms with van der Waals surface area (Å²) in [6, 6.07) is 1.98. The molecule has 1 aromatic heterocycles. The molecule has 82 valence electrons. The number of nitrogens with zero attached hydrogens (tertiary/aromatic N) is 1. The summed E-state index contributed by atoms with van der Waals surface area (Å²) in [5, 5.41) is 13.4. The molecule has 2 rings (SSSR count). The van der Waals surface area contributed by atoms with Gasteiger partial charge >= 0.3 is 0 Å². The largest absolute Gasteiger partial charge is 0.495 e. The molecular formula is C11H16N2O2. The van der Waals surface area contributed by atoms with Crippen LogP contribution in [0.15, 0.2) is 18.5 Å². The standard InChI is InChI=1S/C11H16N2O2/c1-15-9-5-8(6-12-7-9)11(14)10-3-2-4-13-10/h5-7,10-11,13-14H,2-4H2,1H3. The summed E-state index contributed by atoms with van der Waals surface area (Å²) in [4.78, 5) is 4.04. The van der Waals surface area contributed by atoms with E-state index in [0.717, 1.165) is 24.9 Å². The second-order valence-electron chi connectivity index (χ2n) is 3.81. The van der Waals surface area contributed by atoms with Gasteiger partial charge in [-0.05, 0) is 25.5 Å². The van der Waals surface area contributed by atoms with Crippen LogP contribution in [0.1, 0.15) is 24.5 Å². The Morgan fingerprint density at radius 1 is 1.60 bits per heavy atom. The topological polar surface area (TPSA) is 54.4 Å². The Balaban J connectivity index is 2.13. The molecule has 0 amide bonds. The van der Waals surface area contributed by atoms with E-state index in [1.165, 1.54) is 0 Å². The summed E-state index contributed by atoms with van der Waals surface area (Å²) in [5.41, 5.74) is 0.814. The zero-order valence-corrected chi connectivity index (χ0v) is 8.81. The Labute approximate surface area is 89.3 Å². The van der Waals surface area contributed by atoms with Gasteiger partial charge in [0.1, 0.15) is 5.75 Å². The Hall–Kier alpha value is -1.13. The fraction of sp³-hybridized carbons (Fsp3) is 0.545. The number of aromatic nitrogens is 1. The molecule has 2 heterocycles. The number of methoxy groups -OCH3 is 1. The molecule has 1 aromatic rings. The van der Waals surface area contributed by atoms with Crippen molar-refractivity contribution in [2.24, 2.45) is 0 Å². The molecule has 0 spiro atoms. The molecule has 0 aliphatic carbocycles. The summed E-state index contributed by atoms with van der Waals surface area (Å²) in [6.45, 7) is 0.985. The molecule has 4 heteroatoms. The van der Waals surface area contributed by atoms with Gasteiger partial charge in [-0.3, -0.25) is 4.98 Å². The molecule has 0 bridgehead atoms. The number of ether oxygens (including phenoxy) is 1. The van der Waals surface area contributed by atoms with E-state index in [0.29, 0.717) is 5.75 Å². The van der Waals surface area contributed by atoms with Crippen LogP contribution in [0, 0.1) is 0 Å². The van der Waals surface area contributed by atoms with E-state index < -0.39 is 6.10 Å². The van der Waals surface area contributed by atoms with Crippen LogP contribution < -0.4 is 10.1 Å². The van der Waals surface area contributed by atoms with Crippen molar-refractivity contribution in [3.05, 3.63) is 24.0 Å². The lowest BCUT2D eigenvalue weighted by molar-refractivity contribution is 0.137. The van der Waals surface area contributed by atoms with Crippen LogP contribution in [0.5, 0.6) is 5.75 Å². The molecule has 0 radical (unpaired) electrons. The van der Waals surface area contributed by atoms with E-state index in [4.69, 9.17) is 4.74 Å². The summed E-state index contributed by atoms with van der Waals surface area (Å²) >= 11 is 0. The third-order valence-electron chi connectivity index (χ3n) is 2.79. The third-order valence-corrected chi connectivity index (χ3v) is 2.79. The van der Waals surface area contributed by atoms with Crippen molar-refractivity contribution in [2.75, 3.05) is 13.7 Å². The van der Waals surface area contributed by atoms with Crippen molar-refractivity contribution in [3.8, 4) is 5.75 Å². The van der Waals surface area contributed by atoms with E-state index in [1.54, 1.807) is 19.5 Å². The van der Waals surface area contributed by atoms with Gasteiger partial charge in [0.2, 0.25) is 0 Å². The molecule has 1 saturated heterocycles. The molecule has 1 aliphatic rings. The smallest absolute Gasteiger partial charge is 0.137 e. The van der Waals surface area contributed by atoms with Crippen molar-refractivity contribution in [3.63, 3.8) is 0 Å². The summed E-state index contributed by atoms with van der Waals surface area (Å²) in [5.74, 6) is 0.685. The van der Waals surface area contributed by atoms with Gasteiger partial charge in [0, 0.05) is 17.8 Å². The van der Waals surface area contributed by atoms with Gasteiger partial charge in [-0.2, -0.15) is 0 Å². The molecule has 2 N–H and O–H groups in total. The maximum atomic E-state index is 10.1. The average molecular weight is 208 g/mol. The number of hydrogen-bond donors (Lipinski definition) is 2. The molecule has 4 nitrogen and oxygen atoms in total. The van der Waals surface area contributed by atoms with Crippen LogP contribution in [0.3, 0.4) is 0 Å². The minimum absolute atomic E-state index is 0.152. The number of aliphatic hydroxyl groups excluding tert-OH is 1. The van der Waals surface area contributed by atoms with Crippen molar-refractivity contribution in [2.45, 2.75) is 25.0 Å². The van der Waals surface area contributed by atoms with Gasteiger partial charge in [-0.25, -0.2) is 0 Å². The van der Waals surface area contributed by atoms with Crippen LogP contribution >= 0.6 is 0 Å². The molecular weight excluding hydrogens is 192 g/mol. The highest BCUT2D eigenvalue weighted by atomic mass is 16.5. The first-order chi connectivity index (χ1) is 7.31. The van der Waals surface area contributed by atoms with Gasteiger partial charge < -0.3 is 15.2 Å². The first-order valence-electron chi connectivity index (χ1n) is 5.21. The second-order valence-corrected chi connectivity index (χ2v) is 3.81. The number of rotatable bonds is 3. The first-order valence-corrected chi connectivity index (χ1v) is 5.21. The number of hydrogen-bond acceptors (Lipinski definition) is 4. The van der Waals surface area contributed by atoms with Crippen LogP contribution in [0.4, 0.5) is 0 Å². The summed E-state index contributed by atoms with van der Waals surface area (Å²) in [7, 11) is 1.60. The van der Waals surface area contributed by atoms with Gasteiger partial charge in [-0.1, -0.05) is 0 Å². The van der Waals surface area contributed by atoms with Crippen LogP contribution in [0.2, 0.25) is 0 Å². The highest BCUT2D eigenvalue weighted by Gasteiger charge is 2.24. The fourth-order valence-electron chi connectivity index (χ4n) is 1.92. The van der Waals surface area contributed by atoms with Crippen molar-refractivity contribution in [1.29, 1.82) is 0 Å². The van der Waals surface area contributed by atoms with Crippen LogP contribution in [-0.4, -0.2) is 29.8 Å². The molecule has 15 heavy (non-hydrogen) atoms. The molecule has 1 fully saturated rings. The molecule has 0 saturated carbocycles. The Kier molecular flexibility index (Phi) is 3.18. The van der Waals surface area contributed by atoms with Crippen molar-refractivity contribution < 1.29 is 9.84 Å². The van der Waals surface area contributed by atoms with E-state index in [9.17, 15) is 5.11 Å². The maximum Gasteiger partial charge on any atom is 0.137 e. The van der Waals surface area contributed by atoms with Crippen LogP contribution in [0.25, 0.3) is 0 Å². The van der Waals surface area contributed by atoms with Gasteiger partial charge in [0.25, 0.3) is 0 Å². The average Bonchev–Trinajstić information content (AvgIpc) is 2.81. The summed E-state index contributed by atoms with van der Waals surface area (Å²) in [6.07, 6.45) is 4.97. The monoisotopic (exact) mass is 208 g/mol.